The van der Waals surface area contributed by atoms with Crippen LogP contribution in [0.5, 0.6) is 0 Å². The lowest BCUT2D eigenvalue weighted by molar-refractivity contribution is 0.266. The zero-order valence-corrected chi connectivity index (χ0v) is 13.6. The number of hydrogen-bond donors (Lipinski definition) is 1. The molecule has 0 aliphatic carbocycles. The molecule has 1 saturated heterocycles. The van der Waals surface area contributed by atoms with Crippen LogP contribution in [-0.4, -0.2) is 38.4 Å². The van der Waals surface area contributed by atoms with Crippen LogP contribution in [0.25, 0.3) is 0 Å². The predicted molar refractivity (Wildman–Crippen MR) is 81.5 cm³/mol. The van der Waals surface area contributed by atoms with E-state index in [1.807, 2.05) is 6.92 Å². The van der Waals surface area contributed by atoms with E-state index in [0.717, 1.165) is 31.5 Å². The number of benzene rings is 1. The first-order valence-corrected chi connectivity index (χ1v) is 8.96. The van der Waals surface area contributed by atoms with Crippen molar-refractivity contribution in [2.45, 2.75) is 37.1 Å². The lowest BCUT2D eigenvalue weighted by Crippen LogP contribution is -2.48. The molecule has 1 aliphatic rings. The van der Waals surface area contributed by atoms with Gasteiger partial charge >= 0.3 is 0 Å². The third-order valence-corrected chi connectivity index (χ3v) is 6.04. The molecule has 2 rings (SSSR count). The van der Waals surface area contributed by atoms with Crippen LogP contribution in [0.1, 0.15) is 26.2 Å². The lowest BCUT2D eigenvalue weighted by atomic mass is 10.1. The SMILES string of the molecule is CCCN(C1CCCNC1)S(=O)(=O)c1ccc(F)cc1Cl. The normalized spacial score (nSPS) is 19.9. The second-order valence-corrected chi connectivity index (χ2v) is 7.46. The highest BCUT2D eigenvalue weighted by molar-refractivity contribution is 7.89. The molecule has 1 atom stereocenters. The third kappa shape index (κ3) is 3.74. The molecule has 1 aromatic carbocycles. The van der Waals surface area contributed by atoms with Gasteiger partial charge in [0.25, 0.3) is 0 Å². The van der Waals surface area contributed by atoms with Crippen molar-refractivity contribution in [3.8, 4) is 0 Å². The minimum absolute atomic E-state index is 0.0235. The largest absolute Gasteiger partial charge is 0.315 e. The molecule has 1 unspecified atom stereocenters. The van der Waals surface area contributed by atoms with Crippen LogP contribution in [0.3, 0.4) is 0 Å². The molecule has 1 N–H and O–H groups in total. The van der Waals surface area contributed by atoms with Gasteiger partial charge in [-0.15, -0.1) is 0 Å². The van der Waals surface area contributed by atoms with Gasteiger partial charge in [-0.1, -0.05) is 18.5 Å². The molecule has 1 aliphatic heterocycles. The summed E-state index contributed by atoms with van der Waals surface area (Å²) < 4.78 is 40.3. The maximum absolute atomic E-state index is 13.1. The quantitative estimate of drug-likeness (QED) is 0.900. The Morgan fingerprint density at radius 2 is 2.24 bits per heavy atom. The molecule has 21 heavy (non-hydrogen) atoms. The number of nitrogens with zero attached hydrogens (tertiary/aromatic N) is 1. The minimum Gasteiger partial charge on any atom is -0.315 e. The third-order valence-electron chi connectivity index (χ3n) is 3.60. The van der Waals surface area contributed by atoms with Crippen molar-refractivity contribution in [1.29, 1.82) is 0 Å². The molecule has 4 nitrogen and oxygen atoms in total. The van der Waals surface area contributed by atoms with Gasteiger partial charge in [-0.05, 0) is 44.0 Å². The summed E-state index contributed by atoms with van der Waals surface area (Å²) in [7, 11) is -3.72. The van der Waals surface area contributed by atoms with Gasteiger partial charge in [0.05, 0.1) is 5.02 Å². The molecule has 0 aromatic heterocycles. The van der Waals surface area contributed by atoms with Crippen LogP contribution in [0.15, 0.2) is 23.1 Å². The van der Waals surface area contributed by atoms with Gasteiger partial charge in [-0.2, -0.15) is 4.31 Å². The lowest BCUT2D eigenvalue weighted by Gasteiger charge is -2.33. The average molecular weight is 335 g/mol. The van der Waals surface area contributed by atoms with E-state index in [4.69, 9.17) is 11.6 Å². The van der Waals surface area contributed by atoms with E-state index in [1.165, 1.54) is 10.4 Å². The van der Waals surface area contributed by atoms with E-state index in [0.29, 0.717) is 19.5 Å². The Hall–Kier alpha value is -0.690. The van der Waals surface area contributed by atoms with E-state index in [2.05, 4.69) is 5.32 Å². The zero-order valence-electron chi connectivity index (χ0n) is 12.0. The number of sulfonamides is 1. The van der Waals surface area contributed by atoms with Crippen molar-refractivity contribution in [3.05, 3.63) is 29.0 Å². The maximum Gasteiger partial charge on any atom is 0.244 e. The highest BCUT2D eigenvalue weighted by atomic mass is 35.5. The van der Waals surface area contributed by atoms with Gasteiger partial charge < -0.3 is 5.32 Å². The molecular formula is C14H20ClFN2O2S. The van der Waals surface area contributed by atoms with Crippen molar-refractivity contribution < 1.29 is 12.8 Å². The minimum atomic E-state index is -3.72. The van der Waals surface area contributed by atoms with Gasteiger partial charge in [0, 0.05) is 19.1 Å². The molecule has 1 heterocycles. The molecular weight excluding hydrogens is 315 g/mol. The molecule has 0 amide bonds. The van der Waals surface area contributed by atoms with Crippen LogP contribution in [-0.2, 0) is 10.0 Å². The topological polar surface area (TPSA) is 49.4 Å². The summed E-state index contributed by atoms with van der Waals surface area (Å²) in [6, 6.07) is 3.33. The molecule has 1 fully saturated rings. The second kappa shape index (κ2) is 7.05. The van der Waals surface area contributed by atoms with E-state index in [9.17, 15) is 12.8 Å². The summed E-state index contributed by atoms with van der Waals surface area (Å²) in [5.74, 6) is -0.541. The number of piperidine rings is 1. The van der Waals surface area contributed by atoms with Crippen LogP contribution >= 0.6 is 11.6 Å². The summed E-state index contributed by atoms with van der Waals surface area (Å²) in [5.41, 5.74) is 0. The Bertz CT molecular complexity index is 589. The fourth-order valence-electron chi connectivity index (χ4n) is 2.61. The van der Waals surface area contributed by atoms with Crippen molar-refractivity contribution in [2.24, 2.45) is 0 Å². The van der Waals surface area contributed by atoms with Crippen molar-refractivity contribution in [3.63, 3.8) is 0 Å². The summed E-state index contributed by atoms with van der Waals surface area (Å²) in [4.78, 5) is -0.0235. The monoisotopic (exact) mass is 334 g/mol. The first-order valence-electron chi connectivity index (χ1n) is 7.14. The van der Waals surface area contributed by atoms with Crippen LogP contribution in [0, 0.1) is 5.82 Å². The van der Waals surface area contributed by atoms with E-state index >= 15 is 0 Å². The Labute approximate surface area is 130 Å². The Kier molecular flexibility index (Phi) is 5.60. The standard InChI is InChI=1S/C14H20ClFN2O2S/c1-2-8-18(12-4-3-7-17-10-12)21(19,20)14-6-5-11(16)9-13(14)15/h5-6,9,12,17H,2-4,7-8,10H2,1H3. The van der Waals surface area contributed by atoms with Gasteiger partial charge in [0.15, 0.2) is 0 Å². The van der Waals surface area contributed by atoms with Gasteiger partial charge in [0.1, 0.15) is 10.7 Å². The number of halogens is 2. The van der Waals surface area contributed by atoms with Gasteiger partial charge in [0.2, 0.25) is 10.0 Å². The molecule has 0 radical (unpaired) electrons. The van der Waals surface area contributed by atoms with E-state index in [1.54, 1.807) is 0 Å². The molecule has 7 heteroatoms. The molecule has 118 valence electrons. The van der Waals surface area contributed by atoms with Crippen LogP contribution in [0.4, 0.5) is 4.39 Å². The van der Waals surface area contributed by atoms with Gasteiger partial charge in [-0.3, -0.25) is 0 Å². The molecule has 1 aromatic rings. The second-order valence-electron chi connectivity index (χ2n) is 5.19. The summed E-state index contributed by atoms with van der Waals surface area (Å²) >= 11 is 5.94. The smallest absolute Gasteiger partial charge is 0.244 e. The first kappa shape index (κ1) is 16.7. The first-order chi connectivity index (χ1) is 9.96. The number of rotatable bonds is 5. The fourth-order valence-corrected chi connectivity index (χ4v) is 4.86. The fraction of sp³-hybridized carbons (Fsp3) is 0.571. The Morgan fingerprint density at radius 1 is 1.48 bits per heavy atom. The van der Waals surface area contributed by atoms with E-state index < -0.39 is 15.8 Å². The van der Waals surface area contributed by atoms with Gasteiger partial charge in [-0.25, -0.2) is 12.8 Å². The summed E-state index contributed by atoms with van der Waals surface area (Å²) in [6.07, 6.45) is 2.48. The predicted octanol–water partition coefficient (Wildman–Crippen LogP) is 2.63. The molecule has 0 spiro atoms. The Morgan fingerprint density at radius 3 is 2.81 bits per heavy atom. The average Bonchev–Trinajstić information content (AvgIpc) is 2.45. The van der Waals surface area contributed by atoms with Crippen LogP contribution in [0.2, 0.25) is 5.02 Å². The maximum atomic E-state index is 13.1. The number of hydrogen-bond acceptors (Lipinski definition) is 3. The number of nitrogens with one attached hydrogen (secondary N) is 1. The van der Waals surface area contributed by atoms with E-state index in [-0.39, 0.29) is 16.0 Å². The van der Waals surface area contributed by atoms with Crippen LogP contribution < -0.4 is 5.32 Å². The van der Waals surface area contributed by atoms with Crippen molar-refractivity contribution in [1.82, 2.24) is 9.62 Å². The van der Waals surface area contributed by atoms with Crippen molar-refractivity contribution >= 4 is 21.6 Å². The molecule has 0 bridgehead atoms. The highest BCUT2D eigenvalue weighted by Gasteiger charge is 2.33. The zero-order chi connectivity index (χ0) is 15.5. The van der Waals surface area contributed by atoms with Crippen molar-refractivity contribution in [2.75, 3.05) is 19.6 Å². The summed E-state index contributed by atoms with van der Waals surface area (Å²) in [5, 5.41) is 3.15. The molecule has 0 saturated carbocycles. The Balaban J connectivity index is 2.36. The summed E-state index contributed by atoms with van der Waals surface area (Å²) in [6.45, 7) is 3.92. The highest BCUT2D eigenvalue weighted by Crippen LogP contribution is 2.28.